The molecule has 0 radical (unpaired) electrons. The lowest BCUT2D eigenvalue weighted by atomic mass is 10.1. The van der Waals surface area contributed by atoms with E-state index in [1.807, 2.05) is 54.7 Å². The molecule has 0 saturated heterocycles. The van der Waals surface area contributed by atoms with Crippen molar-refractivity contribution in [2.45, 2.75) is 0 Å². The Bertz CT molecular complexity index is 788. The summed E-state index contributed by atoms with van der Waals surface area (Å²) in [4.78, 5) is 4.32. The quantitative estimate of drug-likeness (QED) is 0.753. The number of nitrogens with zero attached hydrogens (tertiary/aromatic N) is 1. The Hall–Kier alpha value is -3.01. The summed E-state index contributed by atoms with van der Waals surface area (Å²) in [7, 11) is 3.26. The van der Waals surface area contributed by atoms with Crippen LogP contribution in [-0.2, 0) is 0 Å². The third kappa shape index (κ3) is 3.43. The Morgan fingerprint density at radius 1 is 0.739 bits per heavy atom. The number of ether oxygens (including phenoxy) is 2. The van der Waals surface area contributed by atoms with Gasteiger partial charge < -0.3 is 14.8 Å². The Labute approximate surface area is 135 Å². The van der Waals surface area contributed by atoms with Crippen molar-refractivity contribution in [3.05, 3.63) is 67.0 Å². The summed E-state index contributed by atoms with van der Waals surface area (Å²) < 4.78 is 10.6. The standard InChI is InChI=1S/C19H18N2O2/c1-22-18-9-8-14(11-19(18)23-2)15-10-17(13-20-12-15)21-16-6-4-3-5-7-16/h3-13,21H,1-2H3. The Kier molecular flexibility index (Phi) is 4.43. The maximum atomic E-state index is 5.36. The van der Waals surface area contributed by atoms with Crippen molar-refractivity contribution in [3.63, 3.8) is 0 Å². The van der Waals surface area contributed by atoms with E-state index in [1.54, 1.807) is 20.4 Å². The molecule has 0 aliphatic carbocycles. The highest BCUT2D eigenvalue weighted by atomic mass is 16.5. The Balaban J connectivity index is 1.90. The van der Waals surface area contributed by atoms with Gasteiger partial charge >= 0.3 is 0 Å². The topological polar surface area (TPSA) is 43.4 Å². The zero-order valence-electron chi connectivity index (χ0n) is 13.1. The lowest BCUT2D eigenvalue weighted by Crippen LogP contribution is -1.93. The number of benzene rings is 2. The molecule has 0 unspecified atom stereocenters. The van der Waals surface area contributed by atoms with E-state index < -0.39 is 0 Å². The van der Waals surface area contributed by atoms with Gasteiger partial charge in [0.25, 0.3) is 0 Å². The molecule has 2 aromatic carbocycles. The van der Waals surface area contributed by atoms with Crippen molar-refractivity contribution >= 4 is 11.4 Å². The first-order chi connectivity index (χ1) is 11.3. The predicted molar refractivity (Wildman–Crippen MR) is 92.5 cm³/mol. The van der Waals surface area contributed by atoms with Crippen LogP contribution < -0.4 is 14.8 Å². The average molecular weight is 306 g/mol. The molecule has 1 aromatic heterocycles. The molecule has 1 heterocycles. The summed E-state index contributed by atoms with van der Waals surface area (Å²) in [5, 5.41) is 3.35. The van der Waals surface area contributed by atoms with Crippen LogP contribution in [0.1, 0.15) is 0 Å². The smallest absolute Gasteiger partial charge is 0.161 e. The minimum Gasteiger partial charge on any atom is -0.493 e. The average Bonchev–Trinajstić information content (AvgIpc) is 2.62. The molecule has 3 rings (SSSR count). The summed E-state index contributed by atoms with van der Waals surface area (Å²) in [6.45, 7) is 0. The van der Waals surface area contributed by atoms with Gasteiger partial charge in [0, 0.05) is 17.4 Å². The van der Waals surface area contributed by atoms with Gasteiger partial charge in [-0.05, 0) is 35.9 Å². The number of hydrogen-bond donors (Lipinski definition) is 1. The van der Waals surface area contributed by atoms with Crippen LogP contribution in [-0.4, -0.2) is 19.2 Å². The van der Waals surface area contributed by atoms with E-state index in [2.05, 4.69) is 16.4 Å². The highest BCUT2D eigenvalue weighted by Gasteiger charge is 2.07. The first kappa shape index (κ1) is 14.9. The van der Waals surface area contributed by atoms with Crippen LogP contribution in [0.2, 0.25) is 0 Å². The van der Waals surface area contributed by atoms with Crippen LogP contribution in [0.25, 0.3) is 11.1 Å². The Morgan fingerprint density at radius 2 is 1.52 bits per heavy atom. The third-order valence-electron chi connectivity index (χ3n) is 3.52. The SMILES string of the molecule is COc1ccc(-c2cncc(Nc3ccccc3)c2)cc1OC. The number of anilines is 2. The van der Waals surface area contributed by atoms with Gasteiger partial charge in [-0.2, -0.15) is 0 Å². The first-order valence-electron chi connectivity index (χ1n) is 7.29. The summed E-state index contributed by atoms with van der Waals surface area (Å²) in [6, 6.07) is 17.9. The molecule has 0 saturated carbocycles. The fourth-order valence-electron chi connectivity index (χ4n) is 2.37. The molecule has 1 N–H and O–H groups in total. The molecule has 0 atom stereocenters. The van der Waals surface area contributed by atoms with E-state index in [0.29, 0.717) is 11.5 Å². The number of aromatic nitrogens is 1. The Morgan fingerprint density at radius 3 is 2.26 bits per heavy atom. The fraction of sp³-hybridized carbons (Fsp3) is 0.105. The third-order valence-corrected chi connectivity index (χ3v) is 3.52. The molecule has 23 heavy (non-hydrogen) atoms. The van der Waals surface area contributed by atoms with Gasteiger partial charge in [0.05, 0.1) is 26.1 Å². The lowest BCUT2D eigenvalue weighted by molar-refractivity contribution is 0.355. The van der Waals surface area contributed by atoms with Crippen molar-refractivity contribution in [2.75, 3.05) is 19.5 Å². The van der Waals surface area contributed by atoms with Crippen molar-refractivity contribution in [1.29, 1.82) is 0 Å². The second-order valence-electron chi connectivity index (χ2n) is 5.02. The molecular formula is C19H18N2O2. The van der Waals surface area contributed by atoms with Crippen LogP contribution in [0.4, 0.5) is 11.4 Å². The highest BCUT2D eigenvalue weighted by Crippen LogP contribution is 2.32. The van der Waals surface area contributed by atoms with E-state index >= 15 is 0 Å². The maximum Gasteiger partial charge on any atom is 0.161 e. The maximum absolute atomic E-state index is 5.36. The molecule has 3 aromatic rings. The van der Waals surface area contributed by atoms with Gasteiger partial charge in [0.2, 0.25) is 0 Å². The summed E-state index contributed by atoms with van der Waals surface area (Å²) >= 11 is 0. The van der Waals surface area contributed by atoms with Crippen LogP contribution in [0.5, 0.6) is 11.5 Å². The van der Waals surface area contributed by atoms with E-state index in [4.69, 9.17) is 9.47 Å². The molecule has 116 valence electrons. The molecule has 0 aliphatic rings. The van der Waals surface area contributed by atoms with Crippen molar-refractivity contribution in [3.8, 4) is 22.6 Å². The number of pyridine rings is 1. The molecule has 0 bridgehead atoms. The van der Waals surface area contributed by atoms with Crippen LogP contribution in [0.3, 0.4) is 0 Å². The number of para-hydroxylation sites is 1. The molecule has 4 heteroatoms. The van der Waals surface area contributed by atoms with Gasteiger partial charge in [0.1, 0.15) is 0 Å². The largest absolute Gasteiger partial charge is 0.493 e. The van der Waals surface area contributed by atoms with Crippen molar-refractivity contribution < 1.29 is 9.47 Å². The summed E-state index contributed by atoms with van der Waals surface area (Å²) in [5.74, 6) is 1.41. The minimum absolute atomic E-state index is 0.700. The van der Waals surface area contributed by atoms with Gasteiger partial charge in [0.15, 0.2) is 11.5 Å². The summed E-state index contributed by atoms with van der Waals surface area (Å²) in [6.07, 6.45) is 3.63. The van der Waals surface area contributed by atoms with E-state index in [9.17, 15) is 0 Å². The van der Waals surface area contributed by atoms with Gasteiger partial charge in [-0.25, -0.2) is 0 Å². The zero-order valence-corrected chi connectivity index (χ0v) is 13.1. The van der Waals surface area contributed by atoms with Crippen molar-refractivity contribution in [2.24, 2.45) is 0 Å². The minimum atomic E-state index is 0.700. The molecule has 0 spiro atoms. The second kappa shape index (κ2) is 6.83. The van der Waals surface area contributed by atoms with Crippen LogP contribution >= 0.6 is 0 Å². The van der Waals surface area contributed by atoms with Gasteiger partial charge in [-0.15, -0.1) is 0 Å². The normalized spacial score (nSPS) is 10.2. The molecule has 0 amide bonds. The first-order valence-corrected chi connectivity index (χ1v) is 7.29. The van der Waals surface area contributed by atoms with Crippen molar-refractivity contribution in [1.82, 2.24) is 4.98 Å². The molecule has 0 fully saturated rings. The molecular weight excluding hydrogens is 288 g/mol. The predicted octanol–water partition coefficient (Wildman–Crippen LogP) is 4.51. The highest BCUT2D eigenvalue weighted by molar-refractivity contribution is 5.71. The number of rotatable bonds is 5. The monoisotopic (exact) mass is 306 g/mol. The fourth-order valence-corrected chi connectivity index (χ4v) is 2.37. The number of methoxy groups -OCH3 is 2. The van der Waals surface area contributed by atoms with Gasteiger partial charge in [-0.3, -0.25) is 4.98 Å². The number of hydrogen-bond acceptors (Lipinski definition) is 4. The number of nitrogens with one attached hydrogen (secondary N) is 1. The van der Waals surface area contributed by atoms with Crippen LogP contribution in [0.15, 0.2) is 67.0 Å². The molecule has 4 nitrogen and oxygen atoms in total. The van der Waals surface area contributed by atoms with Gasteiger partial charge in [-0.1, -0.05) is 24.3 Å². The zero-order chi connectivity index (χ0) is 16.1. The van der Waals surface area contributed by atoms with Crippen LogP contribution in [0, 0.1) is 0 Å². The van der Waals surface area contributed by atoms with E-state index in [1.165, 1.54) is 0 Å². The molecule has 0 aliphatic heterocycles. The van der Waals surface area contributed by atoms with E-state index in [0.717, 1.165) is 22.5 Å². The summed E-state index contributed by atoms with van der Waals surface area (Å²) in [5.41, 5.74) is 3.99. The van der Waals surface area contributed by atoms with E-state index in [-0.39, 0.29) is 0 Å². The lowest BCUT2D eigenvalue weighted by Gasteiger charge is -2.11. The second-order valence-corrected chi connectivity index (χ2v) is 5.02.